The highest BCUT2D eigenvalue weighted by molar-refractivity contribution is 9.10. The van der Waals surface area contributed by atoms with Gasteiger partial charge in [-0.25, -0.2) is 0 Å². The van der Waals surface area contributed by atoms with Gasteiger partial charge in [0.05, 0.1) is 0 Å². The Morgan fingerprint density at radius 2 is 2.14 bits per heavy atom. The van der Waals surface area contributed by atoms with Gasteiger partial charge in [0.1, 0.15) is 0 Å². The molecule has 2 aromatic carbocycles. The Morgan fingerprint density at radius 3 is 2.95 bits per heavy atom. The van der Waals surface area contributed by atoms with Crippen LogP contribution in [0.3, 0.4) is 0 Å². The van der Waals surface area contributed by atoms with Gasteiger partial charge in [-0.15, -0.1) is 0 Å². The molecule has 0 radical (unpaired) electrons. The molecule has 1 aliphatic rings. The van der Waals surface area contributed by atoms with E-state index in [4.69, 9.17) is 21.1 Å². The summed E-state index contributed by atoms with van der Waals surface area (Å²) in [7, 11) is 0. The Hall–Kier alpha value is -1.72. The zero-order valence-electron chi connectivity index (χ0n) is 10.9. The maximum absolute atomic E-state index is 12.2. The summed E-state index contributed by atoms with van der Waals surface area (Å²) in [6.07, 6.45) is 0. The number of ether oxygens (including phenoxy) is 2. The van der Waals surface area contributed by atoms with Crippen LogP contribution >= 0.6 is 27.5 Å². The highest BCUT2D eigenvalue weighted by Crippen LogP contribution is 2.35. The normalized spacial score (nSPS) is 12.3. The van der Waals surface area contributed by atoms with Gasteiger partial charge >= 0.3 is 0 Å². The summed E-state index contributed by atoms with van der Waals surface area (Å²) >= 11 is 9.26. The number of carbonyl (C=O) groups is 1. The maximum atomic E-state index is 12.2. The first-order valence-electron chi connectivity index (χ1n) is 6.25. The molecule has 0 bridgehead atoms. The minimum absolute atomic E-state index is 0.199. The number of para-hydroxylation sites is 1. The van der Waals surface area contributed by atoms with Gasteiger partial charge in [-0.1, -0.05) is 39.7 Å². The van der Waals surface area contributed by atoms with Crippen molar-refractivity contribution in [3.8, 4) is 11.5 Å². The summed E-state index contributed by atoms with van der Waals surface area (Å²) in [4.78, 5) is 12.2. The average Bonchev–Trinajstić information content (AvgIpc) is 2.92. The number of carbonyl (C=O) groups excluding carboxylic acids is 1. The van der Waals surface area contributed by atoms with Crippen molar-refractivity contribution >= 4 is 33.4 Å². The van der Waals surface area contributed by atoms with Gasteiger partial charge in [0.2, 0.25) is 6.79 Å². The first-order chi connectivity index (χ1) is 10.1. The lowest BCUT2D eigenvalue weighted by molar-refractivity contribution is 0.0950. The molecule has 0 spiro atoms. The van der Waals surface area contributed by atoms with E-state index < -0.39 is 0 Å². The summed E-state index contributed by atoms with van der Waals surface area (Å²) in [6, 6.07) is 10.7. The Morgan fingerprint density at radius 1 is 1.29 bits per heavy atom. The lowest BCUT2D eigenvalue weighted by atomic mass is 10.1. The monoisotopic (exact) mass is 367 g/mol. The second-order valence-corrected chi connectivity index (χ2v) is 5.84. The van der Waals surface area contributed by atoms with E-state index in [1.165, 1.54) is 0 Å². The third-order valence-electron chi connectivity index (χ3n) is 3.04. The minimum atomic E-state index is -0.199. The Labute approximate surface area is 135 Å². The first kappa shape index (κ1) is 14.2. The Bertz CT molecular complexity index is 685. The summed E-state index contributed by atoms with van der Waals surface area (Å²) < 4.78 is 11.5. The molecule has 4 nitrogen and oxygen atoms in total. The summed E-state index contributed by atoms with van der Waals surface area (Å²) in [5.41, 5.74) is 1.37. The molecule has 1 amide bonds. The molecule has 21 heavy (non-hydrogen) atoms. The van der Waals surface area contributed by atoms with Crippen molar-refractivity contribution in [3.63, 3.8) is 0 Å². The van der Waals surface area contributed by atoms with Crippen molar-refractivity contribution < 1.29 is 14.3 Å². The molecule has 2 aromatic rings. The fourth-order valence-corrected chi connectivity index (χ4v) is 2.95. The van der Waals surface area contributed by atoms with E-state index in [0.717, 1.165) is 10.0 Å². The topological polar surface area (TPSA) is 47.6 Å². The molecule has 0 saturated carbocycles. The zero-order chi connectivity index (χ0) is 14.8. The van der Waals surface area contributed by atoms with Crippen LogP contribution in [0.2, 0.25) is 5.02 Å². The Kier molecular flexibility index (Phi) is 4.03. The number of nitrogens with one attached hydrogen (secondary N) is 1. The summed E-state index contributed by atoms with van der Waals surface area (Å²) in [5, 5.41) is 3.35. The standard InChI is InChI=1S/C15H11BrClNO3/c16-11-4-10(5-12(17)6-11)15(19)18-7-9-2-1-3-13-14(9)21-8-20-13/h1-6H,7-8H2,(H,18,19). The van der Waals surface area contributed by atoms with Crippen LogP contribution in [0.4, 0.5) is 0 Å². The third-order valence-corrected chi connectivity index (χ3v) is 3.72. The molecular formula is C15H11BrClNO3. The van der Waals surface area contributed by atoms with Crippen LogP contribution in [0.15, 0.2) is 40.9 Å². The lowest BCUT2D eigenvalue weighted by Crippen LogP contribution is -2.23. The molecule has 0 atom stereocenters. The van der Waals surface area contributed by atoms with E-state index >= 15 is 0 Å². The highest BCUT2D eigenvalue weighted by Gasteiger charge is 2.17. The second-order valence-electron chi connectivity index (χ2n) is 4.49. The predicted molar refractivity (Wildman–Crippen MR) is 82.9 cm³/mol. The quantitative estimate of drug-likeness (QED) is 0.897. The first-order valence-corrected chi connectivity index (χ1v) is 7.42. The van der Waals surface area contributed by atoms with E-state index in [-0.39, 0.29) is 12.7 Å². The van der Waals surface area contributed by atoms with E-state index in [1.807, 2.05) is 18.2 Å². The van der Waals surface area contributed by atoms with Crippen LogP contribution in [-0.4, -0.2) is 12.7 Å². The van der Waals surface area contributed by atoms with Crippen LogP contribution in [0.25, 0.3) is 0 Å². The van der Waals surface area contributed by atoms with Crippen molar-refractivity contribution in [1.82, 2.24) is 5.32 Å². The number of halogens is 2. The molecule has 6 heteroatoms. The smallest absolute Gasteiger partial charge is 0.251 e. The van der Waals surface area contributed by atoms with Gasteiger partial charge in [0.15, 0.2) is 11.5 Å². The van der Waals surface area contributed by atoms with Gasteiger partial charge in [-0.3, -0.25) is 4.79 Å². The maximum Gasteiger partial charge on any atom is 0.251 e. The van der Waals surface area contributed by atoms with Gasteiger partial charge in [-0.2, -0.15) is 0 Å². The molecule has 0 saturated heterocycles. The van der Waals surface area contributed by atoms with E-state index in [1.54, 1.807) is 18.2 Å². The van der Waals surface area contributed by atoms with E-state index in [0.29, 0.717) is 28.6 Å². The van der Waals surface area contributed by atoms with Crippen LogP contribution in [0.5, 0.6) is 11.5 Å². The molecule has 0 aliphatic carbocycles. The van der Waals surface area contributed by atoms with Crippen LogP contribution < -0.4 is 14.8 Å². The molecule has 0 fully saturated rings. The van der Waals surface area contributed by atoms with Crippen molar-refractivity contribution in [1.29, 1.82) is 0 Å². The molecule has 1 N–H and O–H groups in total. The number of rotatable bonds is 3. The molecule has 108 valence electrons. The fourth-order valence-electron chi connectivity index (χ4n) is 2.09. The lowest BCUT2D eigenvalue weighted by Gasteiger charge is -2.08. The zero-order valence-corrected chi connectivity index (χ0v) is 13.2. The van der Waals surface area contributed by atoms with Crippen LogP contribution in [0.1, 0.15) is 15.9 Å². The van der Waals surface area contributed by atoms with E-state index in [2.05, 4.69) is 21.2 Å². The molecule has 1 heterocycles. The summed E-state index contributed by atoms with van der Waals surface area (Å²) in [6.45, 7) is 0.567. The largest absolute Gasteiger partial charge is 0.454 e. The van der Waals surface area contributed by atoms with Gasteiger partial charge in [0, 0.05) is 27.2 Å². The SMILES string of the molecule is O=C(NCc1cccc2c1OCO2)c1cc(Cl)cc(Br)c1. The van der Waals surface area contributed by atoms with Gasteiger partial charge in [0.25, 0.3) is 5.91 Å². The van der Waals surface area contributed by atoms with E-state index in [9.17, 15) is 4.79 Å². The van der Waals surface area contributed by atoms with Crippen molar-refractivity contribution in [3.05, 3.63) is 57.0 Å². The molecule has 0 aromatic heterocycles. The number of hydrogen-bond donors (Lipinski definition) is 1. The molecule has 1 aliphatic heterocycles. The number of hydrogen-bond acceptors (Lipinski definition) is 3. The number of amides is 1. The fraction of sp³-hybridized carbons (Fsp3) is 0.133. The second kappa shape index (κ2) is 5.95. The molecular weight excluding hydrogens is 358 g/mol. The minimum Gasteiger partial charge on any atom is -0.454 e. The molecule has 0 unspecified atom stereocenters. The van der Waals surface area contributed by atoms with Crippen molar-refractivity contribution in [2.75, 3.05) is 6.79 Å². The third kappa shape index (κ3) is 3.14. The predicted octanol–water partition coefficient (Wildman–Crippen LogP) is 3.76. The average molecular weight is 369 g/mol. The highest BCUT2D eigenvalue weighted by atomic mass is 79.9. The van der Waals surface area contributed by atoms with Crippen molar-refractivity contribution in [2.45, 2.75) is 6.54 Å². The summed E-state index contributed by atoms with van der Waals surface area (Å²) in [5.74, 6) is 1.19. The number of benzene rings is 2. The molecule has 3 rings (SSSR count). The van der Waals surface area contributed by atoms with Crippen LogP contribution in [0, 0.1) is 0 Å². The number of fused-ring (bicyclic) bond motifs is 1. The Balaban J connectivity index is 1.73. The van der Waals surface area contributed by atoms with Crippen LogP contribution in [-0.2, 0) is 6.54 Å². The van der Waals surface area contributed by atoms with Gasteiger partial charge < -0.3 is 14.8 Å². The van der Waals surface area contributed by atoms with Crippen molar-refractivity contribution in [2.24, 2.45) is 0 Å². The van der Waals surface area contributed by atoms with Gasteiger partial charge in [-0.05, 0) is 24.3 Å².